The third-order valence-electron chi connectivity index (χ3n) is 0. The molecule has 0 spiro atoms. The van der Waals surface area contributed by atoms with Gasteiger partial charge in [0.1, 0.15) is 0 Å². The monoisotopic (exact) mass is 96.0 g/mol. The summed E-state index contributed by atoms with van der Waals surface area (Å²) >= 11 is 0. The molecule has 0 rings (SSSR count). The second kappa shape index (κ2) is 1.05. The van der Waals surface area contributed by atoms with Crippen LogP contribution >= 0.6 is 0 Å². The summed E-state index contributed by atoms with van der Waals surface area (Å²) in [4.78, 5) is 0. The van der Waals surface area contributed by atoms with Crippen molar-refractivity contribution in [3.05, 3.63) is 0 Å². The Labute approximate surface area is 31.2 Å². The molecule has 3 heteroatoms. The highest BCUT2D eigenvalue weighted by Gasteiger charge is 1.97. The van der Waals surface area contributed by atoms with E-state index in [-0.39, 0.29) is 0 Å². The smallest absolute Gasteiger partial charge is 0.188 e. The lowest BCUT2D eigenvalue weighted by molar-refractivity contribution is 0.629. The molecular weight excluding hydrogens is 90.1 g/mol. The van der Waals surface area contributed by atoms with Crippen LogP contribution in [0.1, 0.15) is 0 Å². The van der Waals surface area contributed by atoms with Gasteiger partial charge in [-0.05, 0) is 0 Å². The van der Waals surface area contributed by atoms with Crippen LogP contribution in [0.25, 0.3) is 0 Å². The summed E-state index contributed by atoms with van der Waals surface area (Å²) in [7, 11) is -3.61. The maximum atomic E-state index is 11.2. The summed E-state index contributed by atoms with van der Waals surface area (Å²) in [5, 5.41) is 0. The van der Waals surface area contributed by atoms with Gasteiger partial charge in [-0.25, -0.2) is 0 Å². The van der Waals surface area contributed by atoms with Crippen LogP contribution in [0, 0.1) is 0 Å². The zero-order valence-corrected chi connectivity index (χ0v) is 4.26. The minimum atomic E-state index is -3.61. The van der Waals surface area contributed by atoms with Crippen molar-refractivity contribution in [2.45, 2.75) is 13.1 Å². The lowest BCUT2D eigenvalue weighted by Gasteiger charge is -2.07. The van der Waals surface area contributed by atoms with E-state index in [1.165, 1.54) is 0 Å². The van der Waals surface area contributed by atoms with Crippen LogP contribution in [0.2, 0.25) is 13.1 Å². The van der Waals surface area contributed by atoms with Gasteiger partial charge < -0.3 is 8.22 Å². The highest BCUT2D eigenvalue weighted by atomic mass is 28.4. The Kier molecular flexibility index (Phi) is 1.06. The highest BCUT2D eigenvalue weighted by Crippen LogP contribution is 2.00. The average molecular weight is 96.2 g/mol. The number of rotatable bonds is 0. The predicted molar refractivity (Wildman–Crippen MR) is 19.7 cm³/mol. The second-order valence-electron chi connectivity index (χ2n) is 1.33. The second-order valence-corrected chi connectivity index (χ2v) is 3.98. The molecule has 0 aliphatic carbocycles. The molecule has 0 heterocycles. The van der Waals surface area contributed by atoms with E-state index in [9.17, 15) is 8.22 Å². The Morgan fingerprint density at radius 3 is 1.20 bits per heavy atom. The molecule has 0 amide bonds. The molecule has 0 aliphatic heterocycles. The zero-order valence-electron chi connectivity index (χ0n) is 3.26. The third kappa shape index (κ3) is 2980. The quantitative estimate of drug-likeness (QED) is 0.317. The normalized spacial score (nSPS) is 12.0. The fraction of sp³-hybridized carbons (Fsp3) is 1.00. The van der Waals surface area contributed by atoms with Gasteiger partial charge in [-0.1, -0.05) is 0 Å². The molecule has 0 aromatic heterocycles. The van der Waals surface area contributed by atoms with Crippen molar-refractivity contribution >= 4 is 8.74 Å². The molecule has 0 N–H and O–H groups in total. The van der Waals surface area contributed by atoms with Gasteiger partial charge in [0.25, 0.3) is 0 Å². The summed E-state index contributed by atoms with van der Waals surface area (Å²) in [6.07, 6.45) is 0. The maximum absolute atomic E-state index is 11.2. The van der Waals surface area contributed by atoms with Gasteiger partial charge >= 0.3 is 0 Å². The Hall–Kier alpha value is 0.0769. The van der Waals surface area contributed by atoms with Crippen LogP contribution < -0.4 is 0 Å². The van der Waals surface area contributed by atoms with E-state index in [2.05, 4.69) is 0 Å². The third-order valence-corrected chi connectivity index (χ3v) is 0. The van der Waals surface area contributed by atoms with Crippen molar-refractivity contribution in [3.63, 3.8) is 0 Å². The summed E-state index contributed by atoms with van der Waals surface area (Å²) in [5.74, 6) is 0. The molecule has 0 nitrogen and oxygen atoms in total. The molecule has 0 saturated carbocycles. The van der Waals surface area contributed by atoms with Crippen LogP contribution in [0.15, 0.2) is 0 Å². The first-order valence-corrected chi connectivity index (χ1v) is 4.13. The van der Waals surface area contributed by atoms with Crippen molar-refractivity contribution < 1.29 is 8.22 Å². The van der Waals surface area contributed by atoms with Gasteiger partial charge in [0.2, 0.25) is 0 Å². The van der Waals surface area contributed by atoms with E-state index in [4.69, 9.17) is 0 Å². The van der Waals surface area contributed by atoms with Crippen LogP contribution in [0.4, 0.5) is 8.22 Å². The van der Waals surface area contributed by atoms with Gasteiger partial charge in [-0.2, -0.15) is 0 Å². The van der Waals surface area contributed by atoms with E-state index in [0.29, 0.717) is 0 Å². The van der Waals surface area contributed by atoms with Crippen molar-refractivity contribution in [2.75, 3.05) is 0 Å². The molecule has 33 valence electrons. The number of hydrogen-bond donors (Lipinski definition) is 0. The highest BCUT2D eigenvalue weighted by molar-refractivity contribution is 6.63. The molecule has 0 aromatic rings. The van der Waals surface area contributed by atoms with E-state index in [0.717, 1.165) is 13.1 Å². The van der Waals surface area contributed by atoms with Crippen molar-refractivity contribution in [2.24, 2.45) is 0 Å². The Balaban J connectivity index is 3.02. The Morgan fingerprint density at radius 1 is 1.20 bits per heavy atom. The van der Waals surface area contributed by atoms with Crippen LogP contribution in [-0.2, 0) is 0 Å². The van der Waals surface area contributed by atoms with Crippen LogP contribution in [0.5, 0.6) is 0 Å². The molecule has 5 heavy (non-hydrogen) atoms. The van der Waals surface area contributed by atoms with Gasteiger partial charge in [-0.15, -0.1) is 13.1 Å². The largest absolute Gasteiger partial charge is 0.451 e. The van der Waals surface area contributed by atoms with Crippen LogP contribution in [-0.4, -0.2) is 8.74 Å². The van der Waals surface area contributed by atoms with Crippen molar-refractivity contribution in [1.82, 2.24) is 0 Å². The van der Waals surface area contributed by atoms with Crippen molar-refractivity contribution in [1.29, 1.82) is 0 Å². The zero-order chi connectivity index (χ0) is 4.50. The first-order valence-electron chi connectivity index (χ1n) is 1.38. The summed E-state index contributed by atoms with van der Waals surface area (Å²) in [6, 6.07) is 0. The molecule has 0 atom stereocenters. The Morgan fingerprint density at radius 2 is 1.20 bits per heavy atom. The minimum absolute atomic E-state index is 0.993. The first kappa shape index (κ1) is 5.08. The van der Waals surface area contributed by atoms with Gasteiger partial charge in [0.15, 0.2) is 8.74 Å². The molecular formula is C2H6F2Si-. The van der Waals surface area contributed by atoms with E-state index < -0.39 is 8.74 Å². The lowest BCUT2D eigenvalue weighted by Crippen LogP contribution is -2.06. The molecule has 0 fully saturated rings. The van der Waals surface area contributed by atoms with Crippen molar-refractivity contribution in [3.8, 4) is 0 Å². The molecule has 0 radical (unpaired) electrons. The van der Waals surface area contributed by atoms with Gasteiger partial charge in [0.05, 0.1) is 0 Å². The SMILES string of the molecule is C[Si-](C)(F)F. The first-order chi connectivity index (χ1) is 2.00. The fourth-order valence-electron chi connectivity index (χ4n) is 0. The van der Waals surface area contributed by atoms with Gasteiger partial charge in [0, 0.05) is 0 Å². The standard InChI is InChI=1S/C2H6F2Si/c1-5(2,3)4/h1-2H3/q-1. The van der Waals surface area contributed by atoms with E-state index in [1.54, 1.807) is 0 Å². The van der Waals surface area contributed by atoms with Crippen LogP contribution in [0.3, 0.4) is 0 Å². The maximum Gasteiger partial charge on any atom is 0.188 e. The predicted octanol–water partition coefficient (Wildman–Crippen LogP) is 1.63. The summed E-state index contributed by atoms with van der Waals surface area (Å²) < 4.78 is 22.3. The van der Waals surface area contributed by atoms with Gasteiger partial charge in [-0.3, -0.25) is 0 Å². The molecule has 0 unspecified atom stereocenters. The van der Waals surface area contributed by atoms with E-state index >= 15 is 0 Å². The summed E-state index contributed by atoms with van der Waals surface area (Å²) in [5.41, 5.74) is 0. The lowest BCUT2D eigenvalue weighted by atomic mass is 11.9. The topological polar surface area (TPSA) is 0 Å². The average Bonchev–Trinajstić information content (AvgIpc) is 0.722. The molecule has 0 bridgehead atoms. The molecule has 0 aliphatic rings. The van der Waals surface area contributed by atoms with E-state index in [1.807, 2.05) is 0 Å². The Bertz CT molecular complexity index is 23.1. The molecule has 0 aromatic carbocycles. The number of halogens is 2. The molecule has 0 saturated heterocycles. The summed E-state index contributed by atoms with van der Waals surface area (Å²) in [6.45, 7) is 1.99. The minimum Gasteiger partial charge on any atom is -0.451 e. The fourth-order valence-corrected chi connectivity index (χ4v) is 0. The number of hydrogen-bond acceptors (Lipinski definition) is 0.